The Hall–Kier alpha value is -3.09. The predicted octanol–water partition coefficient (Wildman–Crippen LogP) is 2.26. The zero-order chi connectivity index (χ0) is 17.5. The number of methoxy groups -OCH3 is 3. The molecule has 1 heterocycles. The van der Waals surface area contributed by atoms with E-state index in [9.17, 15) is 4.79 Å². The van der Waals surface area contributed by atoms with Gasteiger partial charge in [-0.2, -0.15) is 5.10 Å². The van der Waals surface area contributed by atoms with Crippen molar-refractivity contribution in [1.82, 2.24) is 10.4 Å². The second-order valence-electron chi connectivity index (χ2n) is 4.79. The van der Waals surface area contributed by atoms with Crippen molar-refractivity contribution in [2.75, 3.05) is 21.3 Å². The summed E-state index contributed by atoms with van der Waals surface area (Å²) < 4.78 is 15.9. The number of hydrogen-bond donors (Lipinski definition) is 1. The third kappa shape index (κ3) is 3.81. The molecule has 2 rings (SSSR count). The highest BCUT2D eigenvalue weighted by molar-refractivity contribution is 6.01. The fourth-order valence-corrected chi connectivity index (χ4v) is 2.05. The number of ether oxygens (including phenoxy) is 3. The van der Waals surface area contributed by atoms with E-state index < -0.39 is 0 Å². The molecule has 1 N–H and O–H groups in total. The minimum atomic E-state index is -0.338. The van der Waals surface area contributed by atoms with Gasteiger partial charge < -0.3 is 14.2 Å². The van der Waals surface area contributed by atoms with Gasteiger partial charge >= 0.3 is 0 Å². The first-order valence-corrected chi connectivity index (χ1v) is 7.15. The van der Waals surface area contributed by atoms with Crippen LogP contribution >= 0.6 is 0 Å². The van der Waals surface area contributed by atoms with E-state index in [2.05, 4.69) is 15.5 Å². The van der Waals surface area contributed by atoms with Crippen LogP contribution in [0.2, 0.25) is 0 Å². The van der Waals surface area contributed by atoms with E-state index in [0.717, 1.165) is 5.56 Å². The van der Waals surface area contributed by atoms with Crippen molar-refractivity contribution in [1.29, 1.82) is 0 Å². The van der Waals surface area contributed by atoms with Crippen LogP contribution in [0.4, 0.5) is 0 Å². The number of benzene rings is 1. The molecule has 0 aliphatic heterocycles. The molecule has 0 saturated heterocycles. The average Bonchev–Trinajstić information content (AvgIpc) is 2.65. The van der Waals surface area contributed by atoms with E-state index >= 15 is 0 Å². The number of hydrazone groups is 1. The van der Waals surface area contributed by atoms with E-state index in [4.69, 9.17) is 14.2 Å². The molecule has 1 aromatic heterocycles. The van der Waals surface area contributed by atoms with Gasteiger partial charge in [0, 0.05) is 18.0 Å². The number of rotatable bonds is 6. The normalized spacial score (nSPS) is 10.9. The molecule has 2 aromatic rings. The third-order valence-electron chi connectivity index (χ3n) is 3.33. The molecule has 0 fully saturated rings. The maximum Gasteiger partial charge on any atom is 0.272 e. The first kappa shape index (κ1) is 17.3. The second kappa shape index (κ2) is 7.96. The summed E-state index contributed by atoms with van der Waals surface area (Å²) in [7, 11) is 4.62. The molecule has 126 valence electrons. The van der Waals surface area contributed by atoms with E-state index in [1.165, 1.54) is 27.5 Å². The van der Waals surface area contributed by atoms with Crippen LogP contribution < -0.4 is 19.6 Å². The van der Waals surface area contributed by atoms with Crippen molar-refractivity contribution in [3.8, 4) is 17.2 Å². The molecule has 0 bridgehead atoms. The Labute approximate surface area is 140 Å². The zero-order valence-electron chi connectivity index (χ0n) is 14.0. The average molecular weight is 329 g/mol. The Kier molecular flexibility index (Phi) is 5.73. The van der Waals surface area contributed by atoms with Gasteiger partial charge in [-0.25, -0.2) is 5.43 Å². The van der Waals surface area contributed by atoms with Crippen molar-refractivity contribution in [3.63, 3.8) is 0 Å². The minimum Gasteiger partial charge on any atom is -0.493 e. The fourth-order valence-electron chi connectivity index (χ4n) is 2.05. The molecular weight excluding hydrogens is 310 g/mol. The Morgan fingerprint density at radius 2 is 1.75 bits per heavy atom. The van der Waals surface area contributed by atoms with Crippen LogP contribution in [0.3, 0.4) is 0 Å². The molecule has 0 aliphatic rings. The van der Waals surface area contributed by atoms with Gasteiger partial charge in [-0.3, -0.25) is 9.78 Å². The Morgan fingerprint density at radius 1 is 1.08 bits per heavy atom. The Bertz CT molecular complexity index is 720. The fraction of sp³-hybridized carbons (Fsp3) is 0.235. The summed E-state index contributed by atoms with van der Waals surface area (Å²) in [6, 6.07) is 6.87. The quantitative estimate of drug-likeness (QED) is 0.649. The molecule has 0 radical (unpaired) electrons. The summed E-state index contributed by atoms with van der Waals surface area (Å²) in [6.45, 7) is 1.77. The highest BCUT2D eigenvalue weighted by atomic mass is 16.5. The van der Waals surface area contributed by atoms with Crippen molar-refractivity contribution >= 4 is 11.6 Å². The molecule has 1 aromatic carbocycles. The molecule has 0 saturated carbocycles. The monoisotopic (exact) mass is 329 g/mol. The number of carbonyl (C=O) groups excluding carboxylic acids is 1. The lowest BCUT2D eigenvalue weighted by atomic mass is 10.1. The van der Waals surface area contributed by atoms with Gasteiger partial charge in [-0.05, 0) is 31.2 Å². The van der Waals surface area contributed by atoms with Crippen molar-refractivity contribution in [3.05, 3.63) is 47.8 Å². The summed E-state index contributed by atoms with van der Waals surface area (Å²) >= 11 is 0. The van der Waals surface area contributed by atoms with Crippen molar-refractivity contribution < 1.29 is 19.0 Å². The minimum absolute atomic E-state index is 0.338. The van der Waals surface area contributed by atoms with Crippen LogP contribution in [0.5, 0.6) is 17.2 Å². The third-order valence-corrected chi connectivity index (χ3v) is 3.33. The first-order valence-electron chi connectivity index (χ1n) is 7.15. The van der Waals surface area contributed by atoms with Crippen LogP contribution in [-0.4, -0.2) is 37.9 Å². The van der Waals surface area contributed by atoms with Gasteiger partial charge in [0.1, 0.15) is 0 Å². The highest BCUT2D eigenvalue weighted by Gasteiger charge is 2.14. The molecule has 0 aliphatic carbocycles. The summed E-state index contributed by atoms with van der Waals surface area (Å²) in [5.41, 5.74) is 4.25. The van der Waals surface area contributed by atoms with Gasteiger partial charge in [0.15, 0.2) is 11.5 Å². The van der Waals surface area contributed by atoms with E-state index in [1.54, 1.807) is 37.4 Å². The maximum absolute atomic E-state index is 12.0. The highest BCUT2D eigenvalue weighted by Crippen LogP contribution is 2.38. The Morgan fingerprint density at radius 3 is 2.25 bits per heavy atom. The molecule has 0 spiro atoms. The standard InChI is InChI=1S/C17H19N3O4/c1-11(19-20-17(21)12-6-5-7-18-10-12)13-8-14(22-2)16(24-4)15(9-13)23-3/h5-10H,1-4H3,(H,20,21)/b19-11+. The lowest BCUT2D eigenvalue weighted by Crippen LogP contribution is -2.19. The topological polar surface area (TPSA) is 82.0 Å². The van der Waals surface area contributed by atoms with Gasteiger partial charge in [-0.15, -0.1) is 0 Å². The van der Waals surface area contributed by atoms with Crippen LogP contribution in [0.25, 0.3) is 0 Å². The van der Waals surface area contributed by atoms with Crippen LogP contribution in [0.15, 0.2) is 41.8 Å². The largest absolute Gasteiger partial charge is 0.493 e. The lowest BCUT2D eigenvalue weighted by molar-refractivity contribution is 0.0954. The van der Waals surface area contributed by atoms with Crippen LogP contribution in [0.1, 0.15) is 22.8 Å². The number of hydrogen-bond acceptors (Lipinski definition) is 6. The predicted molar refractivity (Wildman–Crippen MR) is 90.0 cm³/mol. The number of nitrogens with one attached hydrogen (secondary N) is 1. The number of carbonyl (C=O) groups is 1. The van der Waals surface area contributed by atoms with E-state index in [1.807, 2.05) is 0 Å². The maximum atomic E-state index is 12.0. The van der Waals surface area contributed by atoms with Crippen LogP contribution in [0, 0.1) is 0 Å². The van der Waals surface area contributed by atoms with Crippen molar-refractivity contribution in [2.45, 2.75) is 6.92 Å². The molecule has 0 atom stereocenters. The van der Waals surface area contributed by atoms with Gasteiger partial charge in [0.05, 0.1) is 32.6 Å². The molecule has 7 nitrogen and oxygen atoms in total. The van der Waals surface area contributed by atoms with E-state index in [0.29, 0.717) is 28.5 Å². The lowest BCUT2D eigenvalue weighted by Gasteiger charge is -2.14. The molecular formula is C17H19N3O4. The molecule has 24 heavy (non-hydrogen) atoms. The summed E-state index contributed by atoms with van der Waals surface area (Å²) in [5.74, 6) is 1.19. The van der Waals surface area contributed by atoms with E-state index in [-0.39, 0.29) is 5.91 Å². The first-order chi connectivity index (χ1) is 11.6. The molecule has 0 unspecified atom stereocenters. The number of pyridine rings is 1. The number of amides is 1. The van der Waals surface area contributed by atoms with Gasteiger partial charge in [0.25, 0.3) is 5.91 Å². The summed E-state index contributed by atoms with van der Waals surface area (Å²) in [4.78, 5) is 15.9. The second-order valence-corrected chi connectivity index (χ2v) is 4.79. The molecule has 1 amide bonds. The van der Waals surface area contributed by atoms with Gasteiger partial charge in [-0.1, -0.05) is 0 Å². The number of nitrogens with zero attached hydrogens (tertiary/aromatic N) is 2. The Balaban J connectivity index is 2.25. The SMILES string of the molecule is COc1cc(/C(C)=N/NC(=O)c2cccnc2)cc(OC)c1OC. The van der Waals surface area contributed by atoms with Crippen LogP contribution in [-0.2, 0) is 0 Å². The van der Waals surface area contributed by atoms with Crippen molar-refractivity contribution in [2.24, 2.45) is 5.10 Å². The summed E-state index contributed by atoms with van der Waals surface area (Å²) in [6.07, 6.45) is 3.07. The molecule has 7 heteroatoms. The summed E-state index contributed by atoms with van der Waals surface area (Å²) in [5, 5.41) is 4.11. The van der Waals surface area contributed by atoms with Gasteiger partial charge in [0.2, 0.25) is 5.75 Å². The smallest absolute Gasteiger partial charge is 0.272 e. The zero-order valence-corrected chi connectivity index (χ0v) is 14.0. The number of aromatic nitrogens is 1.